The maximum Gasteiger partial charge on any atom is 0.349 e. The predicted octanol–water partition coefficient (Wildman–Crippen LogP) is 3.09. The zero-order valence-corrected chi connectivity index (χ0v) is 14.1. The second-order valence-corrected chi connectivity index (χ2v) is 4.97. The first-order valence-corrected chi connectivity index (χ1v) is 7.84. The van der Waals surface area contributed by atoms with Crippen molar-refractivity contribution in [3.05, 3.63) is 65.5 Å². The number of esters is 2. The molecule has 0 aliphatic carbocycles. The summed E-state index contributed by atoms with van der Waals surface area (Å²) in [6, 6.07) is 8.80. The van der Waals surface area contributed by atoms with Crippen LogP contribution in [-0.4, -0.2) is 25.2 Å². The molecular weight excluding hydrogens is 320 g/mol. The van der Waals surface area contributed by atoms with Crippen molar-refractivity contribution in [1.82, 2.24) is 0 Å². The lowest BCUT2D eigenvalue weighted by Crippen LogP contribution is -2.13. The Morgan fingerprint density at radius 1 is 1.04 bits per heavy atom. The highest BCUT2D eigenvalue weighted by atomic mass is 16.5. The van der Waals surface area contributed by atoms with Crippen LogP contribution in [0.2, 0.25) is 0 Å². The van der Waals surface area contributed by atoms with Crippen LogP contribution in [0.5, 0.6) is 0 Å². The molecule has 0 aromatic heterocycles. The van der Waals surface area contributed by atoms with Gasteiger partial charge in [-0.25, -0.2) is 9.59 Å². The molecule has 1 aliphatic heterocycles. The van der Waals surface area contributed by atoms with Crippen LogP contribution in [0.1, 0.15) is 24.2 Å². The first kappa shape index (κ1) is 18.0. The summed E-state index contributed by atoms with van der Waals surface area (Å²) in [6.45, 7) is 3.98. The zero-order chi connectivity index (χ0) is 18.2. The van der Waals surface area contributed by atoms with Gasteiger partial charge in [-0.1, -0.05) is 0 Å². The number of benzene rings is 1. The monoisotopic (exact) mass is 338 g/mol. The minimum absolute atomic E-state index is 0.0355. The third kappa shape index (κ3) is 4.36. The van der Waals surface area contributed by atoms with Gasteiger partial charge in [-0.15, -0.1) is 0 Å². The summed E-state index contributed by atoms with van der Waals surface area (Å²) in [7, 11) is 0. The van der Waals surface area contributed by atoms with E-state index in [0.29, 0.717) is 17.7 Å². The van der Waals surface area contributed by atoms with E-state index >= 15 is 0 Å². The molecule has 0 atom stereocenters. The van der Waals surface area contributed by atoms with Gasteiger partial charge in [-0.3, -0.25) is 0 Å². The molecule has 1 heterocycles. The van der Waals surface area contributed by atoms with Gasteiger partial charge in [0.15, 0.2) is 0 Å². The molecule has 0 fully saturated rings. The fourth-order valence-electron chi connectivity index (χ4n) is 2.18. The number of hydrogen-bond acceptors (Lipinski definition) is 6. The van der Waals surface area contributed by atoms with Crippen LogP contribution in [0.4, 0.5) is 5.69 Å². The maximum absolute atomic E-state index is 11.8. The minimum Gasteiger partial charge on any atom is -0.462 e. The number of nitriles is 1. The lowest BCUT2D eigenvalue weighted by molar-refractivity contribution is -0.138. The summed E-state index contributed by atoms with van der Waals surface area (Å²) in [4.78, 5) is 25.2. The quantitative estimate of drug-likeness (QED) is 0.466. The highest BCUT2D eigenvalue weighted by Gasteiger charge is 2.16. The Hall–Kier alpha value is -3.33. The van der Waals surface area contributed by atoms with Crippen molar-refractivity contribution in [3.8, 4) is 6.07 Å². The smallest absolute Gasteiger partial charge is 0.349 e. The topological polar surface area (TPSA) is 79.6 Å². The first-order valence-electron chi connectivity index (χ1n) is 7.84. The van der Waals surface area contributed by atoms with E-state index in [9.17, 15) is 9.59 Å². The van der Waals surface area contributed by atoms with Gasteiger partial charge in [0, 0.05) is 23.7 Å². The Kier molecular flexibility index (Phi) is 6.13. The molecule has 0 N–H and O–H groups in total. The van der Waals surface area contributed by atoms with Gasteiger partial charge in [0.25, 0.3) is 0 Å². The van der Waals surface area contributed by atoms with Crippen molar-refractivity contribution >= 4 is 17.6 Å². The lowest BCUT2D eigenvalue weighted by atomic mass is 10.1. The van der Waals surface area contributed by atoms with Crippen LogP contribution in [0.3, 0.4) is 0 Å². The van der Waals surface area contributed by atoms with Crippen molar-refractivity contribution in [2.24, 2.45) is 0 Å². The van der Waals surface area contributed by atoms with Crippen LogP contribution < -0.4 is 4.90 Å². The number of rotatable bonds is 5. The third-order valence-corrected chi connectivity index (χ3v) is 3.39. The number of hydrogen-bond donors (Lipinski definition) is 0. The van der Waals surface area contributed by atoms with E-state index in [1.54, 1.807) is 67.6 Å². The molecule has 0 radical (unpaired) electrons. The first-order chi connectivity index (χ1) is 12.1. The van der Waals surface area contributed by atoms with E-state index in [0.717, 1.165) is 5.69 Å². The number of carbonyl (C=O) groups excluding carboxylic acids is 2. The van der Waals surface area contributed by atoms with Crippen molar-refractivity contribution < 1.29 is 19.1 Å². The Balaban J connectivity index is 2.16. The molecule has 0 spiro atoms. The number of ether oxygens (including phenoxy) is 2. The van der Waals surface area contributed by atoms with Crippen LogP contribution in [0.25, 0.3) is 0 Å². The van der Waals surface area contributed by atoms with Crippen molar-refractivity contribution in [2.45, 2.75) is 13.8 Å². The van der Waals surface area contributed by atoms with E-state index in [1.165, 1.54) is 0 Å². The molecule has 6 heteroatoms. The molecule has 128 valence electrons. The van der Waals surface area contributed by atoms with Gasteiger partial charge in [-0.05, 0) is 50.3 Å². The van der Waals surface area contributed by atoms with Crippen molar-refractivity contribution in [1.29, 1.82) is 5.26 Å². The second kappa shape index (κ2) is 8.50. The summed E-state index contributed by atoms with van der Waals surface area (Å²) >= 11 is 0. The predicted molar refractivity (Wildman–Crippen MR) is 92.4 cm³/mol. The van der Waals surface area contributed by atoms with Crippen molar-refractivity contribution in [3.63, 3.8) is 0 Å². The van der Waals surface area contributed by atoms with E-state index in [1.807, 2.05) is 6.07 Å². The minimum atomic E-state index is -0.637. The number of carbonyl (C=O) groups is 2. The summed E-state index contributed by atoms with van der Waals surface area (Å²) in [5.41, 5.74) is 1.76. The molecule has 0 bridgehead atoms. The summed E-state index contributed by atoms with van der Waals surface area (Å²) in [6.07, 6.45) is 6.78. The molecule has 25 heavy (non-hydrogen) atoms. The molecule has 0 saturated carbocycles. The molecular formula is C19H18N2O4. The summed E-state index contributed by atoms with van der Waals surface area (Å²) < 4.78 is 9.82. The van der Waals surface area contributed by atoms with Gasteiger partial charge in [0.2, 0.25) is 0 Å². The molecule has 1 aromatic rings. The molecule has 0 saturated heterocycles. The SMILES string of the molecule is CCOC(=O)C(C#N)=C1C=CN(c2ccc(C(=O)OCC)cc2)C=C1. The highest BCUT2D eigenvalue weighted by Crippen LogP contribution is 2.22. The lowest BCUT2D eigenvalue weighted by Gasteiger charge is -2.19. The standard InChI is InChI=1S/C19H18N2O4/c1-3-24-18(22)15-5-7-16(8-6-15)21-11-9-14(10-12-21)17(13-20)19(23)25-4-2/h5-12H,3-4H2,1-2H3. The molecule has 1 aromatic carbocycles. The maximum atomic E-state index is 11.8. The van der Waals surface area contributed by atoms with Gasteiger partial charge in [0.05, 0.1) is 18.8 Å². The summed E-state index contributed by atoms with van der Waals surface area (Å²) in [5.74, 6) is -1.00. The Morgan fingerprint density at radius 3 is 2.16 bits per heavy atom. The normalized spacial score (nSPS) is 12.5. The molecule has 2 rings (SSSR count). The van der Waals surface area contributed by atoms with Crippen LogP contribution in [-0.2, 0) is 14.3 Å². The van der Waals surface area contributed by atoms with Crippen molar-refractivity contribution in [2.75, 3.05) is 18.1 Å². The van der Waals surface area contributed by atoms with Gasteiger partial charge < -0.3 is 14.4 Å². The van der Waals surface area contributed by atoms with E-state index in [2.05, 4.69) is 0 Å². The zero-order valence-electron chi connectivity index (χ0n) is 14.1. The fraction of sp³-hybridized carbons (Fsp3) is 0.211. The number of nitrogens with zero attached hydrogens (tertiary/aromatic N) is 2. The number of allylic oxidation sites excluding steroid dienone is 3. The van der Waals surface area contributed by atoms with Crippen LogP contribution in [0, 0.1) is 11.3 Å². The van der Waals surface area contributed by atoms with E-state index in [4.69, 9.17) is 14.7 Å². The Labute approximate surface area is 146 Å². The summed E-state index contributed by atoms with van der Waals surface area (Å²) in [5, 5.41) is 9.15. The number of anilines is 1. The molecule has 0 unspecified atom stereocenters. The average molecular weight is 338 g/mol. The van der Waals surface area contributed by atoms with Gasteiger partial charge in [-0.2, -0.15) is 5.26 Å². The largest absolute Gasteiger partial charge is 0.462 e. The Bertz CT molecular complexity index is 767. The van der Waals surface area contributed by atoms with E-state index in [-0.39, 0.29) is 18.1 Å². The van der Waals surface area contributed by atoms with E-state index < -0.39 is 5.97 Å². The fourth-order valence-corrected chi connectivity index (χ4v) is 2.18. The molecule has 0 amide bonds. The second-order valence-electron chi connectivity index (χ2n) is 4.97. The van der Waals surface area contributed by atoms with Crippen LogP contribution >= 0.6 is 0 Å². The highest BCUT2D eigenvalue weighted by molar-refractivity contribution is 5.95. The Morgan fingerprint density at radius 2 is 1.64 bits per heavy atom. The average Bonchev–Trinajstić information content (AvgIpc) is 2.63. The molecule has 1 aliphatic rings. The van der Waals surface area contributed by atoms with Crippen LogP contribution in [0.15, 0.2) is 60.0 Å². The van der Waals surface area contributed by atoms with Gasteiger partial charge >= 0.3 is 11.9 Å². The molecule has 6 nitrogen and oxygen atoms in total. The van der Waals surface area contributed by atoms with Gasteiger partial charge in [0.1, 0.15) is 11.6 Å². The third-order valence-electron chi connectivity index (χ3n) is 3.39.